The number of benzene rings is 2. The van der Waals surface area contributed by atoms with Gasteiger partial charge in [-0.3, -0.25) is 0 Å². The SMILES string of the molecule is Cc1ccc(COc2ccc(CCCNCCO)cc2N)cc1. The summed E-state index contributed by atoms with van der Waals surface area (Å²) in [6, 6.07) is 14.3. The standard InChI is InChI=1S/C19H26N2O2/c1-15-4-6-17(7-5-15)14-23-19-9-8-16(13-18(19)20)3-2-10-21-11-12-22/h4-9,13,21-22H,2-3,10-12,14,20H2,1H3. The lowest BCUT2D eigenvalue weighted by Gasteiger charge is -2.11. The fourth-order valence-corrected chi connectivity index (χ4v) is 2.35. The van der Waals surface area contributed by atoms with E-state index in [-0.39, 0.29) is 6.61 Å². The van der Waals surface area contributed by atoms with Crippen molar-refractivity contribution in [2.75, 3.05) is 25.4 Å². The molecule has 0 aliphatic carbocycles. The lowest BCUT2D eigenvalue weighted by atomic mass is 10.1. The van der Waals surface area contributed by atoms with Gasteiger partial charge in [-0.05, 0) is 49.6 Å². The van der Waals surface area contributed by atoms with E-state index in [1.807, 2.05) is 12.1 Å². The Morgan fingerprint density at radius 3 is 2.48 bits per heavy atom. The maximum absolute atomic E-state index is 8.70. The van der Waals surface area contributed by atoms with Crippen LogP contribution >= 0.6 is 0 Å². The molecule has 2 aromatic carbocycles. The van der Waals surface area contributed by atoms with Crippen LogP contribution in [0.25, 0.3) is 0 Å². The molecule has 0 saturated heterocycles. The number of aliphatic hydroxyl groups excluding tert-OH is 1. The van der Waals surface area contributed by atoms with Gasteiger partial charge in [0.1, 0.15) is 12.4 Å². The van der Waals surface area contributed by atoms with Crippen LogP contribution in [-0.2, 0) is 13.0 Å². The topological polar surface area (TPSA) is 67.5 Å². The van der Waals surface area contributed by atoms with Gasteiger partial charge in [0.15, 0.2) is 0 Å². The molecular formula is C19H26N2O2. The van der Waals surface area contributed by atoms with Gasteiger partial charge in [-0.2, -0.15) is 0 Å². The highest BCUT2D eigenvalue weighted by Crippen LogP contribution is 2.24. The lowest BCUT2D eigenvalue weighted by Crippen LogP contribution is -2.19. The van der Waals surface area contributed by atoms with Crippen molar-refractivity contribution in [3.05, 3.63) is 59.2 Å². The first-order valence-electron chi connectivity index (χ1n) is 8.07. The molecule has 2 aromatic rings. The Morgan fingerprint density at radius 1 is 1.04 bits per heavy atom. The number of aliphatic hydroxyl groups is 1. The van der Waals surface area contributed by atoms with Crippen LogP contribution in [0.3, 0.4) is 0 Å². The number of rotatable bonds is 9. The molecule has 0 aliphatic heterocycles. The summed E-state index contributed by atoms with van der Waals surface area (Å²) in [6.07, 6.45) is 1.98. The second-order valence-electron chi connectivity index (χ2n) is 5.72. The highest BCUT2D eigenvalue weighted by molar-refractivity contribution is 5.54. The van der Waals surface area contributed by atoms with Gasteiger partial charge < -0.3 is 20.9 Å². The molecule has 0 amide bonds. The average molecular weight is 314 g/mol. The van der Waals surface area contributed by atoms with E-state index in [1.165, 1.54) is 11.1 Å². The Morgan fingerprint density at radius 2 is 1.78 bits per heavy atom. The molecule has 0 heterocycles. The fourth-order valence-electron chi connectivity index (χ4n) is 2.35. The predicted octanol–water partition coefficient (Wildman–Crippen LogP) is 2.67. The summed E-state index contributed by atoms with van der Waals surface area (Å²) in [5.41, 5.74) is 10.3. The number of ether oxygens (including phenoxy) is 1. The van der Waals surface area contributed by atoms with Crippen LogP contribution in [0.2, 0.25) is 0 Å². The van der Waals surface area contributed by atoms with Crippen molar-refractivity contribution in [3.63, 3.8) is 0 Å². The maximum Gasteiger partial charge on any atom is 0.142 e. The maximum atomic E-state index is 8.70. The molecule has 4 nitrogen and oxygen atoms in total. The molecule has 0 saturated carbocycles. The van der Waals surface area contributed by atoms with Gasteiger partial charge in [-0.25, -0.2) is 0 Å². The zero-order valence-corrected chi connectivity index (χ0v) is 13.7. The van der Waals surface area contributed by atoms with Gasteiger partial charge in [0.05, 0.1) is 12.3 Å². The minimum absolute atomic E-state index is 0.181. The molecule has 0 unspecified atom stereocenters. The van der Waals surface area contributed by atoms with E-state index in [2.05, 4.69) is 42.6 Å². The van der Waals surface area contributed by atoms with Crippen molar-refractivity contribution in [1.29, 1.82) is 0 Å². The fraction of sp³-hybridized carbons (Fsp3) is 0.368. The molecule has 4 heteroatoms. The Bertz CT molecular complexity index is 597. The minimum atomic E-state index is 0.181. The molecule has 4 N–H and O–H groups in total. The first-order chi connectivity index (χ1) is 11.2. The van der Waals surface area contributed by atoms with Gasteiger partial charge >= 0.3 is 0 Å². The highest BCUT2D eigenvalue weighted by Gasteiger charge is 2.03. The third kappa shape index (κ3) is 5.93. The van der Waals surface area contributed by atoms with E-state index in [1.54, 1.807) is 0 Å². The summed E-state index contributed by atoms with van der Waals surface area (Å²) in [7, 11) is 0. The smallest absolute Gasteiger partial charge is 0.142 e. The summed E-state index contributed by atoms with van der Waals surface area (Å²) < 4.78 is 5.81. The summed E-state index contributed by atoms with van der Waals surface area (Å²) in [5.74, 6) is 0.729. The average Bonchev–Trinajstić information content (AvgIpc) is 2.55. The van der Waals surface area contributed by atoms with Crippen LogP contribution in [-0.4, -0.2) is 24.8 Å². The molecule has 0 spiro atoms. The van der Waals surface area contributed by atoms with E-state index in [0.29, 0.717) is 18.8 Å². The van der Waals surface area contributed by atoms with Crippen LogP contribution in [0.4, 0.5) is 5.69 Å². The number of aryl methyl sites for hydroxylation is 2. The first kappa shape index (κ1) is 17.3. The molecule has 124 valence electrons. The molecular weight excluding hydrogens is 288 g/mol. The molecule has 0 radical (unpaired) electrons. The van der Waals surface area contributed by atoms with Crippen molar-refractivity contribution < 1.29 is 9.84 Å². The van der Waals surface area contributed by atoms with Crippen molar-refractivity contribution >= 4 is 5.69 Å². The van der Waals surface area contributed by atoms with Crippen LogP contribution in [0.5, 0.6) is 5.75 Å². The molecule has 0 fully saturated rings. The Hall–Kier alpha value is -2.04. The van der Waals surface area contributed by atoms with Crippen LogP contribution in [0.1, 0.15) is 23.1 Å². The largest absolute Gasteiger partial charge is 0.487 e. The van der Waals surface area contributed by atoms with E-state index < -0.39 is 0 Å². The van der Waals surface area contributed by atoms with E-state index in [0.717, 1.165) is 30.7 Å². The van der Waals surface area contributed by atoms with E-state index >= 15 is 0 Å². The van der Waals surface area contributed by atoms with Crippen molar-refractivity contribution in [3.8, 4) is 5.75 Å². The molecule has 23 heavy (non-hydrogen) atoms. The zero-order chi connectivity index (χ0) is 16.5. The minimum Gasteiger partial charge on any atom is -0.487 e. The van der Waals surface area contributed by atoms with Gasteiger partial charge in [0.25, 0.3) is 0 Å². The molecule has 0 aromatic heterocycles. The predicted molar refractivity (Wildman–Crippen MR) is 94.6 cm³/mol. The van der Waals surface area contributed by atoms with Crippen LogP contribution < -0.4 is 15.8 Å². The molecule has 0 aliphatic rings. The van der Waals surface area contributed by atoms with Gasteiger partial charge in [-0.1, -0.05) is 35.9 Å². The quantitative estimate of drug-likeness (QED) is 0.492. The second-order valence-corrected chi connectivity index (χ2v) is 5.72. The number of nitrogens with one attached hydrogen (secondary N) is 1. The monoisotopic (exact) mass is 314 g/mol. The molecule has 0 atom stereocenters. The zero-order valence-electron chi connectivity index (χ0n) is 13.7. The van der Waals surface area contributed by atoms with Crippen LogP contribution in [0, 0.1) is 6.92 Å². The summed E-state index contributed by atoms with van der Waals surface area (Å²) >= 11 is 0. The molecule has 2 rings (SSSR count). The van der Waals surface area contributed by atoms with E-state index in [9.17, 15) is 0 Å². The number of hydrogen-bond acceptors (Lipinski definition) is 4. The van der Waals surface area contributed by atoms with Gasteiger partial charge in [0.2, 0.25) is 0 Å². The normalized spacial score (nSPS) is 10.7. The summed E-state index contributed by atoms with van der Waals surface area (Å²) in [5, 5.41) is 11.9. The van der Waals surface area contributed by atoms with Crippen LogP contribution in [0.15, 0.2) is 42.5 Å². The Balaban J connectivity index is 1.82. The number of nitrogens with two attached hydrogens (primary N) is 1. The molecule has 0 bridgehead atoms. The summed E-state index contributed by atoms with van der Waals surface area (Å²) in [6.45, 7) is 4.32. The third-order valence-corrected chi connectivity index (χ3v) is 3.70. The highest BCUT2D eigenvalue weighted by atomic mass is 16.5. The Kier molecular flexibility index (Phi) is 6.91. The summed E-state index contributed by atoms with van der Waals surface area (Å²) in [4.78, 5) is 0. The Labute approximate surface area is 138 Å². The number of hydrogen-bond donors (Lipinski definition) is 3. The lowest BCUT2D eigenvalue weighted by molar-refractivity contribution is 0.292. The number of anilines is 1. The second kappa shape index (κ2) is 9.18. The third-order valence-electron chi connectivity index (χ3n) is 3.70. The van der Waals surface area contributed by atoms with E-state index in [4.69, 9.17) is 15.6 Å². The first-order valence-corrected chi connectivity index (χ1v) is 8.07. The van der Waals surface area contributed by atoms with Gasteiger partial charge in [0, 0.05) is 6.54 Å². The van der Waals surface area contributed by atoms with Crippen molar-refractivity contribution in [2.24, 2.45) is 0 Å². The van der Waals surface area contributed by atoms with Crippen molar-refractivity contribution in [1.82, 2.24) is 5.32 Å². The van der Waals surface area contributed by atoms with Crippen molar-refractivity contribution in [2.45, 2.75) is 26.4 Å². The number of nitrogen functional groups attached to an aromatic ring is 1. The van der Waals surface area contributed by atoms with Gasteiger partial charge in [-0.15, -0.1) is 0 Å².